The minimum Gasteiger partial charge on any atom is -0.392 e. The molecule has 2 heterocycles. The van der Waals surface area contributed by atoms with Crippen LogP contribution in [0.4, 0.5) is 0 Å². The molecule has 2 aliphatic heterocycles. The molecule has 2 saturated heterocycles. The lowest BCUT2D eigenvalue weighted by atomic mass is 9.35. The molecule has 146 valence electrons. The molecule has 0 unspecified atom stereocenters. The third-order valence-electron chi connectivity index (χ3n) is 9.12. The molecular formula is C20H30O6. The summed E-state index contributed by atoms with van der Waals surface area (Å²) in [4.78, 5) is 0. The summed E-state index contributed by atoms with van der Waals surface area (Å²) in [6, 6.07) is 0. The summed E-state index contributed by atoms with van der Waals surface area (Å²) in [5.41, 5.74) is -2.01. The summed E-state index contributed by atoms with van der Waals surface area (Å²) in [6.45, 7) is 8.25. The average Bonchev–Trinajstić information content (AvgIpc) is 2.69. The fourth-order valence-corrected chi connectivity index (χ4v) is 8.15. The molecule has 0 aromatic heterocycles. The van der Waals surface area contributed by atoms with Crippen LogP contribution in [-0.2, 0) is 4.74 Å². The molecule has 6 heteroatoms. The molecule has 6 rings (SSSR count). The Kier molecular flexibility index (Phi) is 3.20. The van der Waals surface area contributed by atoms with Crippen LogP contribution in [0.3, 0.4) is 0 Å². The fraction of sp³-hybridized carbons (Fsp3) is 0.900. The largest absolute Gasteiger partial charge is 0.392 e. The van der Waals surface area contributed by atoms with E-state index in [0.717, 1.165) is 6.42 Å². The van der Waals surface area contributed by atoms with Crippen LogP contribution in [0, 0.1) is 34.0 Å². The van der Waals surface area contributed by atoms with E-state index in [1.54, 1.807) is 0 Å². The molecule has 5 N–H and O–H groups in total. The molecule has 4 aliphatic carbocycles. The number of ether oxygens (including phenoxy) is 1. The lowest BCUT2D eigenvalue weighted by Gasteiger charge is -2.75. The van der Waals surface area contributed by atoms with Crippen LogP contribution in [0.2, 0.25) is 0 Å². The predicted octanol–water partition coefficient (Wildman–Crippen LogP) is 0.167. The monoisotopic (exact) mass is 366 g/mol. The summed E-state index contributed by atoms with van der Waals surface area (Å²) in [5.74, 6) is -3.06. The first-order valence-corrected chi connectivity index (χ1v) is 9.84. The Morgan fingerprint density at radius 1 is 1.04 bits per heavy atom. The van der Waals surface area contributed by atoms with Crippen molar-refractivity contribution in [2.75, 3.05) is 6.61 Å². The van der Waals surface area contributed by atoms with E-state index in [1.807, 2.05) is 0 Å². The van der Waals surface area contributed by atoms with Gasteiger partial charge in [-0.05, 0) is 42.6 Å². The normalized spacial score (nSPS) is 62.7. The Labute approximate surface area is 153 Å². The van der Waals surface area contributed by atoms with Gasteiger partial charge in [-0.2, -0.15) is 0 Å². The Morgan fingerprint density at radius 3 is 2.42 bits per heavy atom. The van der Waals surface area contributed by atoms with E-state index >= 15 is 0 Å². The van der Waals surface area contributed by atoms with Crippen LogP contribution in [0.25, 0.3) is 0 Å². The summed E-state index contributed by atoms with van der Waals surface area (Å²) in [6.07, 6.45) is -1.53. The molecular weight excluding hydrogens is 336 g/mol. The zero-order valence-electron chi connectivity index (χ0n) is 15.4. The molecule has 0 radical (unpaired) electrons. The number of aliphatic hydroxyl groups excluding tert-OH is 4. The Bertz CT molecular complexity index is 677. The van der Waals surface area contributed by atoms with Crippen LogP contribution >= 0.6 is 0 Å². The van der Waals surface area contributed by atoms with Gasteiger partial charge in [0.25, 0.3) is 0 Å². The van der Waals surface area contributed by atoms with Crippen molar-refractivity contribution in [1.29, 1.82) is 0 Å². The zero-order valence-corrected chi connectivity index (χ0v) is 15.4. The third kappa shape index (κ3) is 1.45. The van der Waals surface area contributed by atoms with Gasteiger partial charge in [0.15, 0.2) is 0 Å². The average molecular weight is 366 g/mol. The van der Waals surface area contributed by atoms with Gasteiger partial charge in [-0.15, -0.1) is 0 Å². The quantitative estimate of drug-likeness (QED) is 0.391. The van der Waals surface area contributed by atoms with Gasteiger partial charge >= 0.3 is 0 Å². The van der Waals surface area contributed by atoms with Crippen molar-refractivity contribution in [1.82, 2.24) is 0 Å². The molecule has 26 heavy (non-hydrogen) atoms. The second kappa shape index (κ2) is 4.73. The number of fused-ring (bicyclic) bond motifs is 2. The molecule has 4 saturated carbocycles. The lowest BCUT2D eigenvalue weighted by molar-refractivity contribution is -0.476. The van der Waals surface area contributed by atoms with Gasteiger partial charge in [-0.1, -0.05) is 20.4 Å². The highest BCUT2D eigenvalue weighted by Crippen LogP contribution is 2.77. The lowest BCUT2D eigenvalue weighted by Crippen LogP contribution is -2.86. The van der Waals surface area contributed by atoms with E-state index in [9.17, 15) is 25.5 Å². The van der Waals surface area contributed by atoms with Crippen LogP contribution in [0.15, 0.2) is 12.2 Å². The zero-order chi connectivity index (χ0) is 18.9. The first kappa shape index (κ1) is 17.6. The SMILES string of the molecule is C=C1[C@H]2CC[C@H]3[C@@]45CO[C@](O)([C@@H](O)[C@@H]4C(C)(C)CC[C@@H]5O)[C@]3([C@@H]2O)[C@H]1O. The van der Waals surface area contributed by atoms with Gasteiger partial charge in [-0.25, -0.2) is 0 Å². The maximum Gasteiger partial charge on any atom is 0.203 e. The standard InChI is InChI=1S/C20H30O6/c1-9-10-4-5-11-18-8-26-20(25,19(11,14(9)22)15(10)23)16(24)13(18)17(2,3)7-6-12(18)21/h10-16,21-25H,1,4-8H2,2-3H3/t10-,11+,12+,13-,14+,15-,16+,18-,19+,20-/m1/s1. The van der Waals surface area contributed by atoms with Crippen molar-refractivity contribution in [2.24, 2.45) is 34.0 Å². The Morgan fingerprint density at radius 2 is 1.73 bits per heavy atom. The van der Waals surface area contributed by atoms with E-state index < -0.39 is 41.0 Å². The molecule has 2 spiro atoms. The van der Waals surface area contributed by atoms with E-state index in [2.05, 4.69) is 20.4 Å². The maximum atomic E-state index is 11.7. The maximum absolute atomic E-state index is 11.7. The minimum atomic E-state index is -2.05. The van der Waals surface area contributed by atoms with E-state index in [4.69, 9.17) is 4.74 Å². The Hall–Kier alpha value is -0.500. The molecule has 10 atom stereocenters. The molecule has 6 fully saturated rings. The van der Waals surface area contributed by atoms with Gasteiger partial charge in [-0.3, -0.25) is 0 Å². The fourth-order valence-electron chi connectivity index (χ4n) is 8.15. The molecule has 4 bridgehead atoms. The third-order valence-corrected chi connectivity index (χ3v) is 9.12. The Balaban J connectivity index is 1.80. The van der Waals surface area contributed by atoms with E-state index in [0.29, 0.717) is 24.8 Å². The minimum absolute atomic E-state index is 0.138. The van der Waals surface area contributed by atoms with Crippen LogP contribution in [0.5, 0.6) is 0 Å². The van der Waals surface area contributed by atoms with Crippen LogP contribution < -0.4 is 0 Å². The smallest absolute Gasteiger partial charge is 0.203 e. The van der Waals surface area contributed by atoms with Crippen LogP contribution in [-0.4, -0.2) is 62.3 Å². The molecule has 6 aliphatic rings. The first-order chi connectivity index (χ1) is 12.1. The second-order valence-corrected chi connectivity index (χ2v) is 10.2. The summed E-state index contributed by atoms with van der Waals surface area (Å²) in [7, 11) is 0. The highest BCUT2D eigenvalue weighted by molar-refractivity contribution is 5.37. The summed E-state index contributed by atoms with van der Waals surface area (Å²) in [5, 5.41) is 56.5. The van der Waals surface area contributed by atoms with Crippen molar-refractivity contribution >= 4 is 0 Å². The second-order valence-electron chi connectivity index (χ2n) is 10.2. The number of aliphatic hydroxyl groups is 5. The predicted molar refractivity (Wildman–Crippen MR) is 91.7 cm³/mol. The van der Waals surface area contributed by atoms with Crippen molar-refractivity contribution in [3.05, 3.63) is 12.2 Å². The van der Waals surface area contributed by atoms with Gasteiger partial charge in [0, 0.05) is 17.3 Å². The van der Waals surface area contributed by atoms with Crippen molar-refractivity contribution in [3.63, 3.8) is 0 Å². The van der Waals surface area contributed by atoms with E-state index in [-0.39, 0.29) is 29.8 Å². The highest BCUT2D eigenvalue weighted by Gasteiger charge is 2.86. The van der Waals surface area contributed by atoms with Gasteiger partial charge < -0.3 is 30.3 Å². The number of hydrogen-bond acceptors (Lipinski definition) is 6. The number of rotatable bonds is 0. The number of hydrogen-bond donors (Lipinski definition) is 5. The topological polar surface area (TPSA) is 110 Å². The van der Waals surface area contributed by atoms with Gasteiger partial charge in [0.2, 0.25) is 5.79 Å². The highest BCUT2D eigenvalue weighted by atomic mass is 16.6. The summed E-state index contributed by atoms with van der Waals surface area (Å²) < 4.78 is 5.86. The van der Waals surface area contributed by atoms with Crippen LogP contribution in [0.1, 0.15) is 39.5 Å². The molecule has 0 amide bonds. The molecule has 0 aromatic carbocycles. The molecule has 0 aromatic rings. The van der Waals surface area contributed by atoms with Crippen molar-refractivity contribution in [3.8, 4) is 0 Å². The first-order valence-electron chi connectivity index (χ1n) is 9.84. The summed E-state index contributed by atoms with van der Waals surface area (Å²) >= 11 is 0. The van der Waals surface area contributed by atoms with Gasteiger partial charge in [0.1, 0.15) is 6.10 Å². The van der Waals surface area contributed by atoms with Crippen molar-refractivity contribution in [2.45, 2.75) is 69.7 Å². The van der Waals surface area contributed by atoms with E-state index in [1.165, 1.54) is 0 Å². The molecule has 6 nitrogen and oxygen atoms in total. The van der Waals surface area contributed by atoms with Crippen molar-refractivity contribution < 1.29 is 30.3 Å². The van der Waals surface area contributed by atoms with Gasteiger partial charge in [0.05, 0.1) is 30.3 Å².